The second-order valence-corrected chi connectivity index (χ2v) is 5.77. The smallest absolute Gasteiger partial charge is 0.286 e. The molecule has 0 saturated heterocycles. The molecule has 3 N–H and O–H groups in total. The fourth-order valence-electron chi connectivity index (χ4n) is 3.05. The topological polar surface area (TPSA) is 87.9 Å². The van der Waals surface area contributed by atoms with E-state index in [4.69, 9.17) is 5.73 Å². The molecule has 115 valence electrons. The van der Waals surface area contributed by atoms with E-state index in [-0.39, 0.29) is 5.82 Å². The maximum Gasteiger partial charge on any atom is 0.286 e. The van der Waals surface area contributed by atoms with Crippen LogP contribution in [0.5, 0.6) is 0 Å². The van der Waals surface area contributed by atoms with Gasteiger partial charge in [0.05, 0.1) is 11.9 Å². The maximum absolute atomic E-state index is 11.2. The van der Waals surface area contributed by atoms with Gasteiger partial charge < -0.3 is 10.7 Å². The molecule has 0 aliphatic carbocycles. The Balaban J connectivity index is 1.58. The molecule has 0 atom stereocenters. The van der Waals surface area contributed by atoms with Gasteiger partial charge in [-0.2, -0.15) is 0 Å². The lowest BCUT2D eigenvalue weighted by atomic mass is 10.1. The van der Waals surface area contributed by atoms with Gasteiger partial charge in [-0.15, -0.1) is 0 Å². The van der Waals surface area contributed by atoms with Gasteiger partial charge in [-0.3, -0.25) is 9.69 Å². The number of benzene rings is 1. The summed E-state index contributed by atoms with van der Waals surface area (Å²) in [4.78, 5) is 25.0. The minimum absolute atomic E-state index is 0.0395. The first-order chi connectivity index (χ1) is 11.2. The van der Waals surface area contributed by atoms with Crippen LogP contribution in [0.2, 0.25) is 0 Å². The number of hydrogen-bond donors (Lipinski definition) is 2. The highest BCUT2D eigenvalue weighted by Gasteiger charge is 2.20. The van der Waals surface area contributed by atoms with Gasteiger partial charge in [0.25, 0.3) is 5.91 Å². The van der Waals surface area contributed by atoms with E-state index in [0.29, 0.717) is 6.54 Å². The Morgan fingerprint density at radius 1 is 1.39 bits per heavy atom. The van der Waals surface area contributed by atoms with E-state index in [1.54, 1.807) is 0 Å². The number of nitrogens with two attached hydrogens (primary N) is 1. The Morgan fingerprint density at radius 3 is 3.13 bits per heavy atom. The van der Waals surface area contributed by atoms with Gasteiger partial charge in [0, 0.05) is 42.3 Å². The lowest BCUT2D eigenvalue weighted by Crippen LogP contribution is -2.32. The normalized spacial score (nSPS) is 14.8. The molecule has 3 aromatic rings. The number of amides is 1. The van der Waals surface area contributed by atoms with E-state index < -0.39 is 5.91 Å². The van der Waals surface area contributed by atoms with Crippen LogP contribution >= 0.6 is 0 Å². The van der Waals surface area contributed by atoms with Gasteiger partial charge in [-0.1, -0.05) is 18.2 Å². The molecule has 0 saturated carbocycles. The summed E-state index contributed by atoms with van der Waals surface area (Å²) in [7, 11) is 0. The van der Waals surface area contributed by atoms with Crippen LogP contribution in [0.15, 0.2) is 30.5 Å². The summed E-state index contributed by atoms with van der Waals surface area (Å²) >= 11 is 0. The Labute approximate surface area is 133 Å². The van der Waals surface area contributed by atoms with Crippen molar-refractivity contribution in [2.75, 3.05) is 6.54 Å². The largest absolute Gasteiger partial charge is 0.363 e. The van der Waals surface area contributed by atoms with E-state index in [2.05, 4.69) is 44.4 Å². The van der Waals surface area contributed by atoms with Gasteiger partial charge in [0.2, 0.25) is 5.82 Å². The molecule has 6 nitrogen and oxygen atoms in total. The Bertz CT molecular complexity index is 886. The minimum Gasteiger partial charge on any atom is -0.363 e. The molecule has 0 spiro atoms. The number of aromatic amines is 1. The summed E-state index contributed by atoms with van der Waals surface area (Å²) in [6, 6.07) is 8.27. The molecule has 0 bridgehead atoms. The van der Waals surface area contributed by atoms with Crippen LogP contribution < -0.4 is 5.73 Å². The van der Waals surface area contributed by atoms with Crippen LogP contribution in [0.4, 0.5) is 0 Å². The zero-order valence-corrected chi connectivity index (χ0v) is 12.5. The predicted molar refractivity (Wildman–Crippen MR) is 85.5 cm³/mol. The molecule has 6 heteroatoms. The zero-order chi connectivity index (χ0) is 15.8. The Morgan fingerprint density at radius 2 is 2.26 bits per heavy atom. The van der Waals surface area contributed by atoms with E-state index in [1.807, 2.05) is 12.1 Å². The lowest BCUT2D eigenvalue weighted by Gasteiger charge is -2.27. The fraction of sp³-hybridized carbons (Fsp3) is 0.235. The van der Waals surface area contributed by atoms with E-state index in [0.717, 1.165) is 36.3 Å². The van der Waals surface area contributed by atoms with Gasteiger partial charge in [-0.05, 0) is 18.1 Å². The third-order valence-electron chi connectivity index (χ3n) is 4.23. The summed E-state index contributed by atoms with van der Waals surface area (Å²) in [5.41, 5.74) is 9.48. The summed E-state index contributed by atoms with van der Waals surface area (Å²) in [5.74, 6) is -0.574. The molecule has 2 aromatic heterocycles. The zero-order valence-electron chi connectivity index (χ0n) is 12.5. The highest BCUT2D eigenvalue weighted by Crippen LogP contribution is 2.22. The summed E-state index contributed by atoms with van der Waals surface area (Å²) in [6.07, 6.45) is 5.79. The number of para-hydroxylation sites is 1. The highest BCUT2D eigenvalue weighted by atomic mass is 16.1. The predicted octanol–water partition coefficient (Wildman–Crippen LogP) is 1.42. The van der Waals surface area contributed by atoms with Crippen LogP contribution in [0.25, 0.3) is 10.9 Å². The standard InChI is InChI=1S/C17H16N5O/c18-16(23)17-20-7-11-5-6-22(10-15(11)21-17)9-12-8-19-14-4-2-1-3-13(12)14/h1-4,8,19H,5-6,9-10H2,(H2,18,23). The molecule has 4 rings (SSSR count). The number of carbonyl (C=O) groups excluding carboxylic acids is 1. The van der Waals surface area contributed by atoms with Crippen molar-refractivity contribution >= 4 is 16.8 Å². The van der Waals surface area contributed by atoms with Crippen LogP contribution in [0, 0.1) is 6.20 Å². The molecule has 1 aliphatic heterocycles. The van der Waals surface area contributed by atoms with Crippen molar-refractivity contribution in [3.05, 3.63) is 59.3 Å². The van der Waals surface area contributed by atoms with Crippen LogP contribution in [0.3, 0.4) is 0 Å². The fourth-order valence-corrected chi connectivity index (χ4v) is 3.05. The second-order valence-electron chi connectivity index (χ2n) is 5.77. The first-order valence-electron chi connectivity index (χ1n) is 7.55. The molecule has 1 radical (unpaired) electrons. The molecule has 0 fully saturated rings. The van der Waals surface area contributed by atoms with E-state index >= 15 is 0 Å². The van der Waals surface area contributed by atoms with Gasteiger partial charge in [0.15, 0.2) is 0 Å². The average Bonchev–Trinajstić information content (AvgIpc) is 2.97. The lowest BCUT2D eigenvalue weighted by molar-refractivity contribution is 0.0989. The summed E-state index contributed by atoms with van der Waals surface area (Å²) < 4.78 is 0. The van der Waals surface area contributed by atoms with Crippen LogP contribution in [-0.2, 0) is 19.5 Å². The van der Waals surface area contributed by atoms with Gasteiger partial charge in [0.1, 0.15) is 0 Å². The van der Waals surface area contributed by atoms with Crippen LogP contribution in [-0.4, -0.2) is 32.3 Å². The van der Waals surface area contributed by atoms with Gasteiger partial charge in [-0.25, -0.2) is 9.97 Å². The van der Waals surface area contributed by atoms with Crippen molar-refractivity contribution in [1.82, 2.24) is 19.9 Å². The number of carbonyl (C=O) groups is 1. The maximum atomic E-state index is 11.2. The number of aromatic nitrogens is 3. The van der Waals surface area contributed by atoms with Gasteiger partial charge >= 0.3 is 0 Å². The Kier molecular flexibility index (Phi) is 3.31. The molecule has 1 aromatic carbocycles. The minimum atomic E-state index is -0.613. The Hall–Kier alpha value is -2.73. The van der Waals surface area contributed by atoms with Crippen molar-refractivity contribution in [2.45, 2.75) is 19.5 Å². The van der Waals surface area contributed by atoms with Crippen molar-refractivity contribution in [2.24, 2.45) is 5.73 Å². The number of rotatable bonds is 3. The second kappa shape index (κ2) is 5.48. The third-order valence-corrected chi connectivity index (χ3v) is 4.23. The summed E-state index contributed by atoms with van der Waals surface area (Å²) in [6.45, 7) is 2.43. The highest BCUT2D eigenvalue weighted by molar-refractivity contribution is 5.88. The molecule has 3 heterocycles. The first kappa shape index (κ1) is 13.9. The monoisotopic (exact) mass is 306 g/mol. The third kappa shape index (κ3) is 2.57. The first-order valence-corrected chi connectivity index (χ1v) is 7.55. The molecule has 1 aliphatic rings. The number of H-pyrrole nitrogens is 1. The number of primary amides is 1. The van der Waals surface area contributed by atoms with E-state index in [1.165, 1.54) is 10.9 Å². The number of hydrogen-bond acceptors (Lipinski definition) is 4. The van der Waals surface area contributed by atoms with E-state index in [9.17, 15) is 4.79 Å². The van der Waals surface area contributed by atoms with Crippen molar-refractivity contribution < 1.29 is 4.79 Å². The number of fused-ring (bicyclic) bond motifs is 2. The molecule has 1 amide bonds. The summed E-state index contributed by atoms with van der Waals surface area (Å²) in [5, 5.41) is 1.24. The van der Waals surface area contributed by atoms with Crippen molar-refractivity contribution in [3.8, 4) is 0 Å². The number of nitrogens with zero attached hydrogens (tertiary/aromatic N) is 3. The molecule has 0 unspecified atom stereocenters. The molecular weight excluding hydrogens is 290 g/mol. The van der Waals surface area contributed by atoms with Crippen LogP contribution in [0.1, 0.15) is 27.4 Å². The molecule has 23 heavy (non-hydrogen) atoms. The number of nitrogens with one attached hydrogen (secondary N) is 1. The van der Waals surface area contributed by atoms with Crippen molar-refractivity contribution in [3.63, 3.8) is 0 Å². The average molecular weight is 306 g/mol. The molecular formula is C17H16N5O. The SMILES string of the molecule is NC(=O)c1n[c]c2c(n1)CN(Cc1c[nH]c3ccccc13)CC2. The quantitative estimate of drug-likeness (QED) is 0.766. The van der Waals surface area contributed by atoms with Crippen molar-refractivity contribution in [1.29, 1.82) is 0 Å².